The molecule has 1 aliphatic rings. The third kappa shape index (κ3) is 4.24. The molecule has 24 heavy (non-hydrogen) atoms. The molecule has 1 fully saturated rings. The van der Waals surface area contributed by atoms with Crippen molar-refractivity contribution in [1.29, 1.82) is 0 Å². The summed E-state index contributed by atoms with van der Waals surface area (Å²) in [6.07, 6.45) is 1.80. The minimum atomic E-state index is -0.0341. The van der Waals surface area contributed by atoms with E-state index in [1.54, 1.807) is 0 Å². The Bertz CT molecular complexity index is 594. The average molecular weight is 323 g/mol. The smallest absolute Gasteiger partial charge is 0.309 e. The number of ether oxygens (including phenoxy) is 1. The fourth-order valence-corrected chi connectivity index (χ4v) is 3.29. The van der Waals surface area contributed by atoms with E-state index in [9.17, 15) is 4.79 Å². The molecule has 0 saturated heterocycles. The average Bonchev–Trinajstić information content (AvgIpc) is 2.55. The quantitative estimate of drug-likeness (QED) is 0.721. The first-order valence-electron chi connectivity index (χ1n) is 8.74. The summed E-state index contributed by atoms with van der Waals surface area (Å²) >= 11 is 0. The van der Waals surface area contributed by atoms with Gasteiger partial charge in [0.2, 0.25) is 0 Å². The summed E-state index contributed by atoms with van der Waals surface area (Å²) in [5, 5.41) is 0. The minimum Gasteiger partial charge on any atom is -0.466 e. The molecule has 0 atom stereocenters. The Labute approximate surface area is 144 Å². The molecular formula is C21H25NO2. The maximum atomic E-state index is 11.9. The molecule has 0 radical (unpaired) electrons. The van der Waals surface area contributed by atoms with Crippen molar-refractivity contribution in [2.24, 2.45) is 5.92 Å². The number of benzene rings is 2. The number of esters is 1. The topological polar surface area (TPSA) is 29.5 Å². The van der Waals surface area contributed by atoms with Gasteiger partial charge in [0.05, 0.1) is 12.5 Å². The number of nitrogens with zero attached hydrogens (tertiary/aromatic N) is 1. The summed E-state index contributed by atoms with van der Waals surface area (Å²) in [6.45, 7) is 4.16. The van der Waals surface area contributed by atoms with Crippen molar-refractivity contribution in [3.8, 4) is 0 Å². The second-order valence-corrected chi connectivity index (χ2v) is 6.45. The molecule has 0 amide bonds. The molecule has 0 unspecified atom stereocenters. The number of carbonyl (C=O) groups excluding carboxylic acids is 1. The summed E-state index contributed by atoms with van der Waals surface area (Å²) in [5.41, 5.74) is 2.63. The van der Waals surface area contributed by atoms with Crippen molar-refractivity contribution >= 4 is 5.97 Å². The largest absolute Gasteiger partial charge is 0.466 e. The van der Waals surface area contributed by atoms with Crippen molar-refractivity contribution < 1.29 is 9.53 Å². The normalized spacial score (nSPS) is 19.8. The van der Waals surface area contributed by atoms with Gasteiger partial charge in [-0.1, -0.05) is 60.7 Å². The first kappa shape index (κ1) is 16.7. The third-order valence-corrected chi connectivity index (χ3v) is 4.71. The number of hydrogen-bond donors (Lipinski definition) is 0. The number of hydrogen-bond acceptors (Lipinski definition) is 3. The highest BCUT2D eigenvalue weighted by atomic mass is 16.5. The molecule has 3 nitrogen and oxygen atoms in total. The number of rotatable bonds is 7. The van der Waals surface area contributed by atoms with Crippen molar-refractivity contribution in [3.63, 3.8) is 0 Å². The van der Waals surface area contributed by atoms with Gasteiger partial charge in [0.1, 0.15) is 0 Å². The second-order valence-electron chi connectivity index (χ2n) is 6.45. The first-order chi connectivity index (χ1) is 11.8. The predicted octanol–water partition coefficient (Wildman–Crippen LogP) is 4.03. The first-order valence-corrected chi connectivity index (χ1v) is 8.74. The van der Waals surface area contributed by atoms with Crippen molar-refractivity contribution in [2.45, 2.75) is 38.9 Å². The second kappa shape index (κ2) is 8.11. The Morgan fingerprint density at radius 3 is 1.92 bits per heavy atom. The third-order valence-electron chi connectivity index (χ3n) is 4.71. The SMILES string of the molecule is CCOC(=O)[C@H]1C[C@@H](N(Cc2ccccc2)Cc2ccccc2)C1. The maximum Gasteiger partial charge on any atom is 0.309 e. The maximum absolute atomic E-state index is 11.9. The van der Waals surface area contributed by atoms with Crippen molar-refractivity contribution in [1.82, 2.24) is 4.90 Å². The molecule has 1 aliphatic carbocycles. The van der Waals surface area contributed by atoms with E-state index in [0.29, 0.717) is 12.6 Å². The zero-order chi connectivity index (χ0) is 16.8. The van der Waals surface area contributed by atoms with Gasteiger partial charge in [-0.2, -0.15) is 0 Å². The molecule has 0 spiro atoms. The van der Waals surface area contributed by atoms with Crippen LogP contribution in [0.5, 0.6) is 0 Å². The highest BCUT2D eigenvalue weighted by Crippen LogP contribution is 2.34. The van der Waals surface area contributed by atoms with Crippen LogP contribution in [-0.4, -0.2) is 23.5 Å². The van der Waals surface area contributed by atoms with E-state index in [1.807, 2.05) is 19.1 Å². The van der Waals surface area contributed by atoms with Crippen LogP contribution < -0.4 is 0 Å². The fourth-order valence-electron chi connectivity index (χ4n) is 3.29. The van der Waals surface area contributed by atoms with Gasteiger partial charge in [-0.3, -0.25) is 9.69 Å². The lowest BCUT2D eigenvalue weighted by molar-refractivity contribution is -0.153. The summed E-state index contributed by atoms with van der Waals surface area (Å²) in [7, 11) is 0. The molecular weight excluding hydrogens is 298 g/mol. The summed E-state index contributed by atoms with van der Waals surface area (Å²) in [6, 6.07) is 21.5. The van der Waals surface area contributed by atoms with E-state index in [1.165, 1.54) is 11.1 Å². The van der Waals surface area contributed by atoms with Crippen LogP contribution in [0.25, 0.3) is 0 Å². The molecule has 2 aromatic carbocycles. The van der Waals surface area contributed by atoms with Gasteiger partial charge >= 0.3 is 5.97 Å². The highest BCUT2D eigenvalue weighted by Gasteiger charge is 2.38. The molecule has 1 saturated carbocycles. The summed E-state index contributed by atoms with van der Waals surface area (Å²) < 4.78 is 5.15. The lowest BCUT2D eigenvalue weighted by Crippen LogP contribution is -2.46. The van der Waals surface area contributed by atoms with Gasteiger partial charge in [-0.05, 0) is 30.9 Å². The summed E-state index contributed by atoms with van der Waals surface area (Å²) in [4.78, 5) is 14.4. The van der Waals surface area contributed by atoms with Crippen LogP contribution in [0.15, 0.2) is 60.7 Å². The monoisotopic (exact) mass is 323 g/mol. The van der Waals surface area contributed by atoms with Gasteiger partial charge in [-0.15, -0.1) is 0 Å². The van der Waals surface area contributed by atoms with Gasteiger partial charge in [0.25, 0.3) is 0 Å². The molecule has 0 N–H and O–H groups in total. The Hall–Kier alpha value is -2.13. The van der Waals surface area contributed by atoms with Crippen LogP contribution in [0.1, 0.15) is 30.9 Å². The zero-order valence-electron chi connectivity index (χ0n) is 14.2. The Morgan fingerprint density at radius 2 is 1.46 bits per heavy atom. The zero-order valence-corrected chi connectivity index (χ0v) is 14.2. The van der Waals surface area contributed by atoms with Crippen LogP contribution in [0.4, 0.5) is 0 Å². The van der Waals surface area contributed by atoms with E-state index >= 15 is 0 Å². The minimum absolute atomic E-state index is 0.0341. The molecule has 126 valence electrons. The van der Waals surface area contributed by atoms with Crippen molar-refractivity contribution in [2.75, 3.05) is 6.61 Å². The van der Waals surface area contributed by atoms with E-state index in [2.05, 4.69) is 53.4 Å². The van der Waals surface area contributed by atoms with Gasteiger partial charge in [0, 0.05) is 19.1 Å². The van der Waals surface area contributed by atoms with E-state index < -0.39 is 0 Å². The lowest BCUT2D eigenvalue weighted by Gasteiger charge is -2.42. The van der Waals surface area contributed by atoms with Crippen LogP contribution in [0.2, 0.25) is 0 Å². The standard InChI is InChI=1S/C21H25NO2/c1-2-24-21(23)19-13-20(14-19)22(15-17-9-5-3-6-10-17)16-18-11-7-4-8-12-18/h3-12,19-20H,2,13-16H2,1H3/t19-,20+. The Balaban J connectivity index is 1.65. The molecule has 3 heteroatoms. The molecule has 0 bridgehead atoms. The van der Waals surface area contributed by atoms with Crippen molar-refractivity contribution in [3.05, 3.63) is 71.8 Å². The van der Waals surface area contributed by atoms with E-state index in [-0.39, 0.29) is 11.9 Å². The predicted molar refractivity (Wildman–Crippen MR) is 95.3 cm³/mol. The number of carbonyl (C=O) groups is 1. The lowest BCUT2D eigenvalue weighted by atomic mass is 9.79. The van der Waals surface area contributed by atoms with Crippen LogP contribution in [0.3, 0.4) is 0 Å². The van der Waals surface area contributed by atoms with E-state index in [0.717, 1.165) is 25.9 Å². The van der Waals surface area contributed by atoms with Gasteiger partial charge in [-0.25, -0.2) is 0 Å². The van der Waals surface area contributed by atoms with Gasteiger partial charge in [0.15, 0.2) is 0 Å². The van der Waals surface area contributed by atoms with Crippen LogP contribution in [-0.2, 0) is 22.6 Å². The van der Waals surface area contributed by atoms with E-state index in [4.69, 9.17) is 4.74 Å². The van der Waals surface area contributed by atoms with Gasteiger partial charge < -0.3 is 4.74 Å². The summed E-state index contributed by atoms with van der Waals surface area (Å²) in [5.74, 6) is 0.0390. The Kier molecular flexibility index (Phi) is 5.65. The molecule has 2 aromatic rings. The molecule has 0 aliphatic heterocycles. The Morgan fingerprint density at radius 1 is 0.958 bits per heavy atom. The molecule has 3 rings (SSSR count). The van der Waals surface area contributed by atoms with Crippen LogP contribution >= 0.6 is 0 Å². The fraction of sp³-hybridized carbons (Fsp3) is 0.381. The van der Waals surface area contributed by atoms with Crippen LogP contribution in [0, 0.1) is 5.92 Å². The highest BCUT2D eigenvalue weighted by molar-refractivity contribution is 5.73. The molecule has 0 aromatic heterocycles. The molecule has 0 heterocycles.